The zero-order valence-electron chi connectivity index (χ0n) is 9.85. The van der Waals surface area contributed by atoms with Crippen LogP contribution in [0.5, 0.6) is 5.88 Å². The smallest absolute Gasteiger partial charge is 0.262 e. The Kier molecular flexibility index (Phi) is 4.67. The van der Waals surface area contributed by atoms with Crippen molar-refractivity contribution in [3.63, 3.8) is 0 Å². The van der Waals surface area contributed by atoms with Gasteiger partial charge in [0, 0.05) is 12.1 Å². The molecule has 0 bridgehead atoms. The highest BCUT2D eigenvalue weighted by Crippen LogP contribution is 2.18. The highest BCUT2D eigenvalue weighted by Gasteiger charge is 2.11. The van der Waals surface area contributed by atoms with E-state index in [1.165, 1.54) is 24.7 Å². The van der Waals surface area contributed by atoms with Gasteiger partial charge in [-0.15, -0.1) is 0 Å². The van der Waals surface area contributed by atoms with E-state index < -0.39 is 0 Å². The van der Waals surface area contributed by atoms with Gasteiger partial charge in [0.15, 0.2) is 0 Å². The monoisotopic (exact) mass is 251 g/mol. The van der Waals surface area contributed by atoms with E-state index in [0.717, 1.165) is 0 Å². The fraction of sp³-hybridized carbons (Fsp3) is 0.364. The summed E-state index contributed by atoms with van der Waals surface area (Å²) in [6, 6.07) is 3.54. The average molecular weight is 251 g/mol. The lowest BCUT2D eigenvalue weighted by Crippen LogP contribution is -2.30. The van der Waals surface area contributed by atoms with Crippen molar-refractivity contribution in [1.82, 2.24) is 9.69 Å². The molecule has 1 rings (SSSR count). The predicted octanol–water partition coefficient (Wildman–Crippen LogP) is 1.58. The Hall–Kier alpha value is -1.87. The summed E-state index contributed by atoms with van der Waals surface area (Å²) in [5.74, 6) is 0.0951. The Labute approximate surface area is 104 Å². The fourth-order valence-electron chi connectivity index (χ4n) is 1.07. The van der Waals surface area contributed by atoms with E-state index in [0.29, 0.717) is 10.8 Å². The number of carbonyl (C=O) groups excluding carboxylic acids is 1. The summed E-state index contributed by atoms with van der Waals surface area (Å²) >= 11 is 1.17. The van der Waals surface area contributed by atoms with Crippen LogP contribution in [0.3, 0.4) is 0 Å². The van der Waals surface area contributed by atoms with Crippen molar-refractivity contribution in [3.8, 4) is 11.9 Å². The average Bonchev–Trinajstić information content (AvgIpc) is 2.72. The Morgan fingerprint density at radius 2 is 2.41 bits per heavy atom. The number of hydrogen-bond acceptors (Lipinski definition) is 5. The van der Waals surface area contributed by atoms with Crippen molar-refractivity contribution in [2.75, 3.05) is 7.11 Å². The van der Waals surface area contributed by atoms with E-state index >= 15 is 0 Å². The van der Waals surface area contributed by atoms with Gasteiger partial charge in [0.1, 0.15) is 11.6 Å². The van der Waals surface area contributed by atoms with Gasteiger partial charge in [-0.3, -0.25) is 4.79 Å². The standard InChI is InChI=1S/C11H13N3O2S/c1-7(2)13-11(15)8(6-12)4-9-5-10(16-3)14-17-9/h4-5,7H,1-3H3,(H,13,15)/b8-4+. The molecule has 1 aromatic heterocycles. The van der Waals surface area contributed by atoms with Gasteiger partial charge in [0.05, 0.1) is 12.0 Å². The second kappa shape index (κ2) is 6.01. The van der Waals surface area contributed by atoms with Crippen molar-refractivity contribution >= 4 is 23.5 Å². The largest absolute Gasteiger partial charge is 0.480 e. The van der Waals surface area contributed by atoms with Gasteiger partial charge in [0.25, 0.3) is 5.91 Å². The van der Waals surface area contributed by atoms with E-state index in [2.05, 4.69) is 9.69 Å². The molecule has 0 spiro atoms. The number of nitriles is 1. The van der Waals surface area contributed by atoms with Crippen LogP contribution in [0.4, 0.5) is 0 Å². The molecule has 1 heterocycles. The van der Waals surface area contributed by atoms with Gasteiger partial charge in [-0.1, -0.05) is 0 Å². The number of nitrogens with zero attached hydrogens (tertiary/aromatic N) is 2. The van der Waals surface area contributed by atoms with Crippen molar-refractivity contribution in [2.45, 2.75) is 19.9 Å². The molecule has 1 aromatic rings. The van der Waals surface area contributed by atoms with Crippen molar-refractivity contribution in [1.29, 1.82) is 5.26 Å². The molecular formula is C11H13N3O2S. The van der Waals surface area contributed by atoms with E-state index in [1.54, 1.807) is 6.07 Å². The summed E-state index contributed by atoms with van der Waals surface area (Å²) in [6.07, 6.45) is 1.50. The third kappa shape index (κ3) is 3.89. The number of rotatable bonds is 4. The minimum atomic E-state index is -0.380. The van der Waals surface area contributed by atoms with Gasteiger partial charge in [-0.2, -0.15) is 9.64 Å². The number of methoxy groups -OCH3 is 1. The highest BCUT2D eigenvalue weighted by molar-refractivity contribution is 7.07. The molecule has 0 fully saturated rings. The maximum Gasteiger partial charge on any atom is 0.262 e. The fourth-order valence-corrected chi connectivity index (χ4v) is 1.71. The van der Waals surface area contributed by atoms with Crippen molar-refractivity contribution in [2.24, 2.45) is 0 Å². The van der Waals surface area contributed by atoms with E-state index in [4.69, 9.17) is 10.00 Å². The lowest BCUT2D eigenvalue weighted by Gasteiger charge is -2.06. The number of aromatic nitrogens is 1. The van der Waals surface area contributed by atoms with Crippen LogP contribution < -0.4 is 10.1 Å². The molecule has 17 heavy (non-hydrogen) atoms. The van der Waals surface area contributed by atoms with Crippen LogP contribution in [0.15, 0.2) is 11.6 Å². The molecule has 0 aliphatic rings. The van der Waals surface area contributed by atoms with E-state index in [1.807, 2.05) is 19.9 Å². The van der Waals surface area contributed by atoms with Crippen LogP contribution in [0, 0.1) is 11.3 Å². The van der Waals surface area contributed by atoms with Crippen molar-refractivity contribution in [3.05, 3.63) is 16.5 Å². The Balaban J connectivity index is 2.87. The zero-order chi connectivity index (χ0) is 12.8. The third-order valence-electron chi connectivity index (χ3n) is 1.79. The SMILES string of the molecule is COc1cc(/C=C(\C#N)C(=O)NC(C)C)sn1. The zero-order valence-corrected chi connectivity index (χ0v) is 10.7. The first-order valence-electron chi connectivity index (χ1n) is 5.00. The van der Waals surface area contributed by atoms with Crippen LogP contribution in [-0.4, -0.2) is 23.4 Å². The maximum atomic E-state index is 11.6. The lowest BCUT2D eigenvalue weighted by atomic mass is 10.2. The van der Waals surface area contributed by atoms with Crippen molar-refractivity contribution < 1.29 is 9.53 Å². The van der Waals surface area contributed by atoms with E-state index in [-0.39, 0.29) is 17.5 Å². The topological polar surface area (TPSA) is 75.0 Å². The second-order valence-corrected chi connectivity index (χ2v) is 4.41. The van der Waals surface area contributed by atoms with Crippen LogP contribution in [0.25, 0.3) is 6.08 Å². The summed E-state index contributed by atoms with van der Waals surface area (Å²) in [5.41, 5.74) is 0.0602. The molecule has 5 nitrogen and oxygen atoms in total. The molecule has 90 valence electrons. The normalized spacial score (nSPS) is 11.1. The summed E-state index contributed by atoms with van der Waals surface area (Å²) in [7, 11) is 1.51. The van der Waals surface area contributed by atoms with Gasteiger partial charge in [-0.05, 0) is 31.5 Å². The Morgan fingerprint density at radius 1 is 1.71 bits per heavy atom. The molecule has 0 saturated carbocycles. The van der Waals surface area contributed by atoms with Gasteiger partial charge in [0.2, 0.25) is 5.88 Å². The minimum Gasteiger partial charge on any atom is -0.480 e. The van der Waals surface area contributed by atoms with Crippen LogP contribution in [0.1, 0.15) is 18.7 Å². The summed E-state index contributed by atoms with van der Waals surface area (Å²) in [5, 5.41) is 11.6. The number of nitrogens with one attached hydrogen (secondary N) is 1. The summed E-state index contributed by atoms with van der Waals surface area (Å²) in [6.45, 7) is 3.67. The Bertz CT molecular complexity index is 471. The molecule has 6 heteroatoms. The molecule has 1 amide bonds. The molecule has 0 aromatic carbocycles. The second-order valence-electron chi connectivity index (χ2n) is 3.57. The van der Waals surface area contributed by atoms with E-state index in [9.17, 15) is 4.79 Å². The number of carbonyl (C=O) groups is 1. The predicted molar refractivity (Wildman–Crippen MR) is 65.5 cm³/mol. The molecule has 0 saturated heterocycles. The molecule has 1 N–H and O–H groups in total. The molecular weight excluding hydrogens is 238 g/mol. The molecule has 0 aliphatic heterocycles. The molecule has 0 unspecified atom stereocenters. The molecule has 0 radical (unpaired) electrons. The van der Waals surface area contributed by atoms with Crippen LogP contribution >= 0.6 is 11.5 Å². The number of ether oxygens (including phenoxy) is 1. The lowest BCUT2D eigenvalue weighted by molar-refractivity contribution is -0.117. The Morgan fingerprint density at radius 3 is 2.88 bits per heavy atom. The first-order chi connectivity index (χ1) is 8.06. The number of hydrogen-bond donors (Lipinski definition) is 1. The van der Waals surface area contributed by atoms with Gasteiger partial charge < -0.3 is 10.1 Å². The first kappa shape index (κ1) is 13.2. The maximum absolute atomic E-state index is 11.6. The summed E-state index contributed by atoms with van der Waals surface area (Å²) in [4.78, 5) is 12.3. The van der Waals surface area contributed by atoms with Gasteiger partial charge >= 0.3 is 0 Å². The molecule has 0 atom stereocenters. The quantitative estimate of drug-likeness (QED) is 0.651. The summed E-state index contributed by atoms with van der Waals surface area (Å²) < 4.78 is 8.90. The van der Waals surface area contributed by atoms with Gasteiger partial charge in [-0.25, -0.2) is 0 Å². The first-order valence-corrected chi connectivity index (χ1v) is 5.77. The van der Waals surface area contributed by atoms with Crippen LogP contribution in [-0.2, 0) is 4.79 Å². The third-order valence-corrected chi connectivity index (χ3v) is 2.51. The number of amides is 1. The highest BCUT2D eigenvalue weighted by atomic mass is 32.1. The van der Waals surface area contributed by atoms with Crippen LogP contribution in [0.2, 0.25) is 0 Å². The molecule has 0 aliphatic carbocycles. The minimum absolute atomic E-state index is 0.00440.